The Morgan fingerprint density at radius 1 is 0.357 bits per heavy atom. The molecule has 11 rings (SSSR count). The number of furan rings is 2. The van der Waals surface area contributed by atoms with Gasteiger partial charge in [0.15, 0.2) is 5.82 Å². The van der Waals surface area contributed by atoms with Gasteiger partial charge < -0.3 is 8.83 Å². The van der Waals surface area contributed by atoms with Gasteiger partial charge in [0.05, 0.1) is 11.4 Å². The smallest absolute Gasteiger partial charge is 0.161 e. The number of hydrogen-bond acceptors (Lipinski definition) is 5. The van der Waals surface area contributed by atoms with Gasteiger partial charge in [0.2, 0.25) is 0 Å². The zero-order chi connectivity index (χ0) is 37.0. The average Bonchev–Trinajstić information content (AvgIpc) is 3.86. The number of pyridine rings is 1. The molecule has 0 atom stereocenters. The molecule has 0 aliphatic carbocycles. The molecule has 262 valence electrons. The molecule has 0 radical (unpaired) electrons. The lowest BCUT2D eigenvalue weighted by Gasteiger charge is -2.13. The third-order valence-electron chi connectivity index (χ3n) is 10.6. The van der Waals surface area contributed by atoms with E-state index in [-0.39, 0.29) is 0 Å². The number of rotatable bonds is 6. The van der Waals surface area contributed by atoms with Crippen molar-refractivity contribution in [3.05, 3.63) is 188 Å². The topological polar surface area (TPSA) is 65.0 Å². The first-order chi connectivity index (χ1) is 27.8. The minimum Gasteiger partial charge on any atom is -0.455 e. The van der Waals surface area contributed by atoms with Crippen LogP contribution in [0.15, 0.2) is 197 Å². The van der Waals surface area contributed by atoms with Crippen LogP contribution in [-0.2, 0) is 0 Å². The predicted octanol–water partition coefficient (Wildman–Crippen LogP) is 13.7. The highest BCUT2D eigenvalue weighted by Crippen LogP contribution is 2.45. The fourth-order valence-corrected chi connectivity index (χ4v) is 7.98. The Hall–Kier alpha value is -7.63. The molecule has 0 unspecified atom stereocenters. The number of benzene rings is 7. The molecule has 56 heavy (non-hydrogen) atoms. The third-order valence-corrected chi connectivity index (χ3v) is 10.6. The van der Waals surface area contributed by atoms with Gasteiger partial charge in [0, 0.05) is 67.3 Å². The second kappa shape index (κ2) is 13.0. The van der Waals surface area contributed by atoms with Crippen molar-refractivity contribution in [1.29, 1.82) is 0 Å². The predicted molar refractivity (Wildman–Crippen MR) is 227 cm³/mol. The second-order valence-corrected chi connectivity index (χ2v) is 13.9. The first-order valence-corrected chi connectivity index (χ1v) is 18.7. The van der Waals surface area contributed by atoms with Gasteiger partial charge in [0.1, 0.15) is 22.3 Å². The highest BCUT2D eigenvalue weighted by atomic mass is 16.3. The Balaban J connectivity index is 1.05. The van der Waals surface area contributed by atoms with Crippen LogP contribution in [0.3, 0.4) is 0 Å². The van der Waals surface area contributed by atoms with Crippen LogP contribution in [0.5, 0.6) is 0 Å². The summed E-state index contributed by atoms with van der Waals surface area (Å²) >= 11 is 0. The van der Waals surface area contributed by atoms with E-state index in [1.807, 2.05) is 66.9 Å². The van der Waals surface area contributed by atoms with Crippen LogP contribution in [0, 0.1) is 0 Å². The molecule has 5 heteroatoms. The summed E-state index contributed by atoms with van der Waals surface area (Å²) in [5.74, 6) is 0.659. The quantitative estimate of drug-likeness (QED) is 0.171. The molecule has 0 saturated carbocycles. The Labute approximate surface area is 322 Å². The van der Waals surface area contributed by atoms with Crippen LogP contribution in [0.2, 0.25) is 0 Å². The molecule has 0 bridgehead atoms. The van der Waals surface area contributed by atoms with E-state index in [9.17, 15) is 0 Å². The lowest BCUT2D eigenvalue weighted by Crippen LogP contribution is -1.97. The van der Waals surface area contributed by atoms with Gasteiger partial charge in [-0.2, -0.15) is 0 Å². The average molecular weight is 718 g/mol. The number of fused-ring (bicyclic) bond motifs is 6. The molecule has 0 aliphatic heterocycles. The molecule has 0 spiro atoms. The van der Waals surface area contributed by atoms with Gasteiger partial charge in [-0.05, 0) is 47.0 Å². The van der Waals surface area contributed by atoms with E-state index in [1.54, 1.807) is 6.20 Å². The fourth-order valence-electron chi connectivity index (χ4n) is 7.98. The summed E-state index contributed by atoms with van der Waals surface area (Å²) < 4.78 is 13.2. The Morgan fingerprint density at radius 2 is 0.929 bits per heavy atom. The van der Waals surface area contributed by atoms with Crippen LogP contribution >= 0.6 is 0 Å². The molecule has 0 aliphatic rings. The van der Waals surface area contributed by atoms with Gasteiger partial charge in [-0.1, -0.05) is 146 Å². The zero-order valence-corrected chi connectivity index (χ0v) is 30.1. The van der Waals surface area contributed by atoms with Crippen LogP contribution in [0.4, 0.5) is 0 Å². The maximum absolute atomic E-state index is 6.71. The van der Waals surface area contributed by atoms with Crippen LogP contribution in [0.1, 0.15) is 0 Å². The van der Waals surface area contributed by atoms with E-state index in [1.165, 1.54) is 0 Å². The largest absolute Gasteiger partial charge is 0.455 e. The number of nitrogens with zero attached hydrogens (tertiary/aromatic N) is 3. The maximum Gasteiger partial charge on any atom is 0.161 e. The first-order valence-electron chi connectivity index (χ1n) is 18.7. The molecule has 0 fully saturated rings. The monoisotopic (exact) mass is 717 g/mol. The molecule has 7 aromatic carbocycles. The SMILES string of the molecule is c1ccc(-c2cc(-c3ccc(-c4ccc(-c5cccc6c5oc5ccccc56)c5oc6ccccc6c45)cc3)nc(-c3ccccc3-c3cccnc3)n2)cc1. The molecule has 4 heterocycles. The van der Waals surface area contributed by atoms with Gasteiger partial charge in [-0.3, -0.25) is 4.98 Å². The normalized spacial score (nSPS) is 11.6. The minimum absolute atomic E-state index is 0.659. The minimum atomic E-state index is 0.659. The van der Waals surface area contributed by atoms with Gasteiger partial charge >= 0.3 is 0 Å². The van der Waals surface area contributed by atoms with Crippen LogP contribution in [-0.4, -0.2) is 15.0 Å². The van der Waals surface area contributed by atoms with Gasteiger partial charge in [-0.25, -0.2) is 9.97 Å². The summed E-state index contributed by atoms with van der Waals surface area (Å²) in [6, 6.07) is 60.5. The lowest BCUT2D eigenvalue weighted by atomic mass is 9.93. The van der Waals surface area contributed by atoms with Gasteiger partial charge in [0.25, 0.3) is 0 Å². The highest BCUT2D eigenvalue weighted by Gasteiger charge is 2.21. The van der Waals surface area contributed by atoms with Crippen molar-refractivity contribution in [2.24, 2.45) is 0 Å². The molecular formula is C51H31N3O2. The summed E-state index contributed by atoms with van der Waals surface area (Å²) in [6.07, 6.45) is 3.67. The van der Waals surface area contributed by atoms with Crippen molar-refractivity contribution in [3.8, 4) is 67.3 Å². The Bertz CT molecular complexity index is 3240. The van der Waals surface area contributed by atoms with Crippen molar-refractivity contribution in [3.63, 3.8) is 0 Å². The molecule has 11 aromatic rings. The zero-order valence-electron chi connectivity index (χ0n) is 30.1. The summed E-state index contributed by atoms with van der Waals surface area (Å²) in [6.45, 7) is 0. The van der Waals surface area contributed by atoms with Crippen LogP contribution < -0.4 is 0 Å². The molecule has 0 N–H and O–H groups in total. The van der Waals surface area contributed by atoms with Crippen molar-refractivity contribution >= 4 is 43.9 Å². The molecule has 0 saturated heterocycles. The summed E-state index contributed by atoms with van der Waals surface area (Å²) in [5.41, 5.74) is 14.3. The molecule has 0 amide bonds. The van der Waals surface area contributed by atoms with E-state index in [0.717, 1.165) is 105 Å². The lowest BCUT2D eigenvalue weighted by molar-refractivity contribution is 0.665. The van der Waals surface area contributed by atoms with Crippen molar-refractivity contribution < 1.29 is 8.83 Å². The number of aromatic nitrogens is 3. The standard InChI is InChI=1S/C51H31N3O2/c1-2-12-33(13-3-1)44-30-45(54-51(53-44)42-17-5-4-15-36(42)35-14-11-29-52-31-35)34-25-23-32(24-26-34)37-27-28-41(50-48(37)43-18-7-9-22-47(43)56-50)40-20-10-19-39-38-16-6-8-21-46(38)55-49(39)40/h1-31H. The summed E-state index contributed by atoms with van der Waals surface area (Å²) in [5, 5.41) is 4.33. The number of hydrogen-bond donors (Lipinski definition) is 0. The Morgan fingerprint density at radius 3 is 1.71 bits per heavy atom. The fraction of sp³-hybridized carbons (Fsp3) is 0. The highest BCUT2D eigenvalue weighted by molar-refractivity contribution is 6.18. The number of para-hydroxylation sites is 3. The van der Waals surface area contributed by atoms with Crippen LogP contribution in [0.25, 0.3) is 111 Å². The van der Waals surface area contributed by atoms with Crippen molar-refractivity contribution in [2.75, 3.05) is 0 Å². The first kappa shape index (κ1) is 31.9. The van der Waals surface area contributed by atoms with E-state index in [4.69, 9.17) is 18.8 Å². The maximum atomic E-state index is 6.71. The second-order valence-electron chi connectivity index (χ2n) is 13.9. The van der Waals surface area contributed by atoms with E-state index in [2.05, 4.69) is 120 Å². The molecular weight excluding hydrogens is 687 g/mol. The third kappa shape index (κ3) is 5.29. The summed E-state index contributed by atoms with van der Waals surface area (Å²) in [4.78, 5) is 14.7. The molecule has 4 aromatic heterocycles. The molecule has 5 nitrogen and oxygen atoms in total. The van der Waals surface area contributed by atoms with E-state index < -0.39 is 0 Å². The Kier molecular flexibility index (Phi) is 7.42. The van der Waals surface area contributed by atoms with Gasteiger partial charge in [-0.15, -0.1) is 0 Å². The summed E-state index contributed by atoms with van der Waals surface area (Å²) in [7, 11) is 0. The van der Waals surface area contributed by atoms with E-state index >= 15 is 0 Å². The van der Waals surface area contributed by atoms with E-state index in [0.29, 0.717) is 5.82 Å². The van der Waals surface area contributed by atoms with Crippen molar-refractivity contribution in [2.45, 2.75) is 0 Å². The van der Waals surface area contributed by atoms with Crippen molar-refractivity contribution in [1.82, 2.24) is 15.0 Å².